The van der Waals surface area contributed by atoms with Crippen LogP contribution in [0.3, 0.4) is 0 Å². The molecule has 104 valence electrons. The first-order valence-electron chi connectivity index (χ1n) is 5.98. The summed E-state index contributed by atoms with van der Waals surface area (Å²) >= 11 is 0. The van der Waals surface area contributed by atoms with E-state index in [9.17, 15) is 14.4 Å². The highest BCUT2D eigenvalue weighted by Crippen LogP contribution is 2.09. The molecule has 20 heavy (non-hydrogen) atoms. The second-order valence-electron chi connectivity index (χ2n) is 4.26. The van der Waals surface area contributed by atoms with E-state index < -0.39 is 5.97 Å². The molecule has 1 aromatic rings. The van der Waals surface area contributed by atoms with Gasteiger partial charge >= 0.3 is 5.97 Å². The lowest BCUT2D eigenvalue weighted by atomic mass is 10.1. The number of amides is 2. The molecule has 2 rings (SSSR count). The van der Waals surface area contributed by atoms with Crippen LogP contribution in [0.15, 0.2) is 24.5 Å². The summed E-state index contributed by atoms with van der Waals surface area (Å²) in [6, 6.07) is 1.54. The largest absolute Gasteiger partial charge is 0.478 e. The molecule has 0 atom stereocenters. The van der Waals surface area contributed by atoms with Gasteiger partial charge in [0.1, 0.15) is 0 Å². The monoisotopic (exact) mass is 275 g/mol. The molecule has 2 heterocycles. The Bertz CT molecular complexity index is 583. The van der Waals surface area contributed by atoms with Gasteiger partial charge in [0.2, 0.25) is 5.91 Å². The van der Waals surface area contributed by atoms with Gasteiger partial charge < -0.3 is 15.3 Å². The first kappa shape index (κ1) is 13.7. The fraction of sp³-hybridized carbons (Fsp3) is 0.231. The van der Waals surface area contributed by atoms with Crippen LogP contribution in [0.4, 0.5) is 0 Å². The maximum absolute atomic E-state index is 12.2. The maximum atomic E-state index is 12.2. The minimum Gasteiger partial charge on any atom is -0.478 e. The average molecular weight is 275 g/mol. The number of nitrogens with one attached hydrogen (secondary N) is 1. The lowest BCUT2D eigenvalue weighted by Crippen LogP contribution is -2.50. The van der Waals surface area contributed by atoms with Crippen molar-refractivity contribution in [3.8, 4) is 0 Å². The van der Waals surface area contributed by atoms with Gasteiger partial charge in [-0.3, -0.25) is 14.6 Å². The molecule has 2 N–H and O–H groups in total. The van der Waals surface area contributed by atoms with Gasteiger partial charge in [-0.1, -0.05) is 0 Å². The van der Waals surface area contributed by atoms with Crippen molar-refractivity contribution < 1.29 is 19.5 Å². The topological polar surface area (TPSA) is 99.6 Å². The van der Waals surface area contributed by atoms with E-state index >= 15 is 0 Å². The molecule has 1 saturated heterocycles. The predicted octanol–water partition coefficient (Wildman–Crippen LogP) is -0.249. The molecule has 0 bridgehead atoms. The highest BCUT2D eigenvalue weighted by atomic mass is 16.4. The Hall–Kier alpha value is -2.70. The normalized spacial score (nSPS) is 15.2. The zero-order valence-electron chi connectivity index (χ0n) is 10.6. The van der Waals surface area contributed by atoms with E-state index in [-0.39, 0.29) is 18.4 Å². The van der Waals surface area contributed by atoms with E-state index in [0.29, 0.717) is 24.2 Å². The van der Waals surface area contributed by atoms with E-state index in [0.717, 1.165) is 6.08 Å². The molecule has 0 saturated carbocycles. The summed E-state index contributed by atoms with van der Waals surface area (Å²) in [7, 11) is 0. The van der Waals surface area contributed by atoms with Crippen LogP contribution in [-0.4, -0.2) is 52.4 Å². The molecule has 1 fully saturated rings. The van der Waals surface area contributed by atoms with Crippen molar-refractivity contribution >= 4 is 23.9 Å². The standard InChI is InChI=1S/C13H13N3O4/c17-11-8-16(4-3-15-11)13(20)10-5-9(6-14-7-10)1-2-12(18)19/h1-2,5-7H,3-4,8H2,(H,15,17)(H,18,19). The van der Waals surface area contributed by atoms with Crippen molar-refractivity contribution in [2.24, 2.45) is 0 Å². The van der Waals surface area contributed by atoms with Crippen molar-refractivity contribution in [3.63, 3.8) is 0 Å². The number of aliphatic carboxylic acids is 1. The molecule has 7 nitrogen and oxygen atoms in total. The summed E-state index contributed by atoms with van der Waals surface area (Å²) in [6.45, 7) is 0.893. The lowest BCUT2D eigenvalue weighted by Gasteiger charge is -2.26. The smallest absolute Gasteiger partial charge is 0.328 e. The summed E-state index contributed by atoms with van der Waals surface area (Å²) in [4.78, 5) is 39.2. The Labute approximate surface area is 114 Å². The van der Waals surface area contributed by atoms with Gasteiger partial charge in [0.25, 0.3) is 5.91 Å². The Kier molecular flexibility index (Phi) is 4.09. The molecular weight excluding hydrogens is 262 g/mol. The molecule has 0 aliphatic carbocycles. The van der Waals surface area contributed by atoms with Crippen LogP contribution in [0.25, 0.3) is 6.08 Å². The predicted molar refractivity (Wildman–Crippen MR) is 69.8 cm³/mol. The van der Waals surface area contributed by atoms with Crippen LogP contribution in [0.1, 0.15) is 15.9 Å². The second kappa shape index (κ2) is 5.96. The van der Waals surface area contributed by atoms with E-state index in [2.05, 4.69) is 10.3 Å². The minimum atomic E-state index is -1.07. The summed E-state index contributed by atoms with van der Waals surface area (Å²) in [6.07, 6.45) is 5.18. The fourth-order valence-electron chi connectivity index (χ4n) is 1.83. The van der Waals surface area contributed by atoms with Crippen molar-refractivity contribution in [1.29, 1.82) is 0 Å². The average Bonchev–Trinajstić information content (AvgIpc) is 2.44. The first-order valence-corrected chi connectivity index (χ1v) is 5.98. The molecule has 1 aliphatic heterocycles. The summed E-state index contributed by atoms with van der Waals surface area (Å²) in [5.74, 6) is -1.56. The van der Waals surface area contributed by atoms with Gasteiger partial charge in [-0.05, 0) is 17.7 Å². The molecule has 0 radical (unpaired) electrons. The van der Waals surface area contributed by atoms with Gasteiger partial charge in [-0.25, -0.2) is 4.79 Å². The second-order valence-corrected chi connectivity index (χ2v) is 4.26. The number of carbonyl (C=O) groups is 3. The Morgan fingerprint density at radius 2 is 2.20 bits per heavy atom. The van der Waals surface area contributed by atoms with Crippen LogP contribution in [0.2, 0.25) is 0 Å². The third-order valence-corrected chi connectivity index (χ3v) is 2.75. The molecule has 0 spiro atoms. The molecular formula is C13H13N3O4. The van der Waals surface area contributed by atoms with Crippen LogP contribution in [0, 0.1) is 0 Å². The maximum Gasteiger partial charge on any atom is 0.328 e. The Morgan fingerprint density at radius 1 is 1.40 bits per heavy atom. The van der Waals surface area contributed by atoms with Crippen LogP contribution < -0.4 is 5.32 Å². The lowest BCUT2D eigenvalue weighted by molar-refractivity contribution is -0.131. The molecule has 2 amide bonds. The van der Waals surface area contributed by atoms with Gasteiger partial charge in [0.05, 0.1) is 12.1 Å². The van der Waals surface area contributed by atoms with Gasteiger partial charge in [-0.15, -0.1) is 0 Å². The molecule has 1 aliphatic rings. The van der Waals surface area contributed by atoms with E-state index in [1.807, 2.05) is 0 Å². The van der Waals surface area contributed by atoms with E-state index in [4.69, 9.17) is 5.11 Å². The number of carboxylic acids is 1. The van der Waals surface area contributed by atoms with Crippen molar-refractivity contribution in [2.45, 2.75) is 0 Å². The molecule has 7 heteroatoms. The number of hydrogen-bond donors (Lipinski definition) is 2. The Balaban J connectivity index is 2.15. The third kappa shape index (κ3) is 3.41. The van der Waals surface area contributed by atoms with E-state index in [1.165, 1.54) is 23.4 Å². The summed E-state index contributed by atoms with van der Waals surface area (Å²) in [5.41, 5.74) is 0.840. The molecule has 0 unspecified atom stereocenters. The number of rotatable bonds is 3. The van der Waals surface area contributed by atoms with Crippen molar-refractivity contribution in [1.82, 2.24) is 15.2 Å². The molecule has 0 aromatic carbocycles. The van der Waals surface area contributed by atoms with E-state index in [1.54, 1.807) is 6.07 Å². The SMILES string of the molecule is O=C(O)C=Cc1cncc(C(=O)N2CCNC(=O)C2)c1. The number of carbonyl (C=O) groups excluding carboxylic acids is 2. The minimum absolute atomic E-state index is 0.0219. The highest BCUT2D eigenvalue weighted by molar-refractivity contribution is 5.97. The number of carboxylic acid groups (broad SMARTS) is 1. The number of aromatic nitrogens is 1. The fourth-order valence-corrected chi connectivity index (χ4v) is 1.83. The summed E-state index contributed by atoms with van der Waals surface area (Å²) < 4.78 is 0. The van der Waals surface area contributed by atoms with Crippen LogP contribution >= 0.6 is 0 Å². The Morgan fingerprint density at radius 3 is 2.90 bits per heavy atom. The number of hydrogen-bond acceptors (Lipinski definition) is 4. The number of pyridine rings is 1. The quantitative estimate of drug-likeness (QED) is 0.741. The zero-order chi connectivity index (χ0) is 14.5. The summed E-state index contributed by atoms with van der Waals surface area (Å²) in [5, 5.41) is 11.2. The first-order chi connectivity index (χ1) is 9.56. The van der Waals surface area contributed by atoms with Crippen LogP contribution in [-0.2, 0) is 9.59 Å². The zero-order valence-corrected chi connectivity index (χ0v) is 10.6. The van der Waals surface area contributed by atoms with Gasteiger partial charge in [0.15, 0.2) is 0 Å². The number of piperazine rings is 1. The van der Waals surface area contributed by atoms with Gasteiger partial charge in [0, 0.05) is 31.6 Å². The number of nitrogens with zero attached hydrogens (tertiary/aromatic N) is 2. The van der Waals surface area contributed by atoms with Gasteiger partial charge in [-0.2, -0.15) is 0 Å². The third-order valence-electron chi connectivity index (χ3n) is 2.75. The highest BCUT2D eigenvalue weighted by Gasteiger charge is 2.22. The molecule has 1 aromatic heterocycles. The van der Waals surface area contributed by atoms with Crippen molar-refractivity contribution in [3.05, 3.63) is 35.7 Å². The van der Waals surface area contributed by atoms with Crippen molar-refractivity contribution in [2.75, 3.05) is 19.6 Å². The van der Waals surface area contributed by atoms with Crippen LogP contribution in [0.5, 0.6) is 0 Å².